The van der Waals surface area contributed by atoms with Crippen LogP contribution in [0, 0.1) is 11.8 Å². The van der Waals surface area contributed by atoms with Crippen LogP contribution in [0.3, 0.4) is 0 Å². The average molecular weight is 282 g/mol. The van der Waals surface area contributed by atoms with Crippen molar-refractivity contribution in [1.82, 2.24) is 9.80 Å². The number of hydrogen-bond acceptors (Lipinski definition) is 2. The van der Waals surface area contributed by atoms with Gasteiger partial charge in [0.2, 0.25) is 0 Å². The molecule has 114 valence electrons. The van der Waals surface area contributed by atoms with Crippen LogP contribution >= 0.6 is 0 Å². The molecule has 2 amide bonds. The monoisotopic (exact) mass is 282 g/mol. The first kappa shape index (κ1) is 15.1. The van der Waals surface area contributed by atoms with Gasteiger partial charge in [-0.15, -0.1) is 0 Å². The fraction of sp³-hybridized carbons (Fsp3) is 0.867. The summed E-state index contributed by atoms with van der Waals surface area (Å²) in [6, 6.07) is 0.0471. The number of aliphatic carboxylic acids is 1. The molecule has 0 radical (unpaired) electrons. The molecule has 2 aliphatic rings. The van der Waals surface area contributed by atoms with Gasteiger partial charge in [-0.2, -0.15) is 0 Å². The van der Waals surface area contributed by atoms with Crippen molar-refractivity contribution < 1.29 is 14.7 Å². The highest BCUT2D eigenvalue weighted by Gasteiger charge is 2.31. The van der Waals surface area contributed by atoms with E-state index in [0.29, 0.717) is 19.5 Å². The molecule has 0 aromatic rings. The molecule has 2 saturated heterocycles. The molecule has 0 spiro atoms. The zero-order valence-corrected chi connectivity index (χ0v) is 12.4. The topological polar surface area (TPSA) is 60.9 Å². The number of carboxylic acid groups (broad SMARTS) is 1. The largest absolute Gasteiger partial charge is 0.481 e. The van der Waals surface area contributed by atoms with Gasteiger partial charge in [0.05, 0.1) is 5.92 Å². The van der Waals surface area contributed by atoms with Gasteiger partial charge in [0, 0.05) is 26.2 Å². The van der Waals surface area contributed by atoms with Crippen molar-refractivity contribution in [3.63, 3.8) is 0 Å². The van der Waals surface area contributed by atoms with Crippen molar-refractivity contribution in [3.05, 3.63) is 0 Å². The first-order chi connectivity index (χ1) is 9.61. The minimum Gasteiger partial charge on any atom is -0.481 e. The standard InChI is InChI=1S/C15H26N2O3/c1-2-4-12-6-9-16(10-7-12)15(20)17-8-3-5-13(11-17)14(18)19/h12-13H,2-11H2,1H3,(H,18,19)/t13-/m1/s1. The van der Waals surface area contributed by atoms with Crippen LogP contribution in [0.1, 0.15) is 45.4 Å². The van der Waals surface area contributed by atoms with Crippen LogP contribution < -0.4 is 0 Å². The van der Waals surface area contributed by atoms with Gasteiger partial charge < -0.3 is 14.9 Å². The predicted octanol–water partition coefficient (Wildman–Crippen LogP) is 2.42. The molecule has 5 heteroatoms. The number of hydrogen-bond donors (Lipinski definition) is 1. The molecule has 5 nitrogen and oxygen atoms in total. The molecule has 1 N–H and O–H groups in total. The second kappa shape index (κ2) is 6.95. The fourth-order valence-corrected chi connectivity index (χ4v) is 3.37. The highest BCUT2D eigenvalue weighted by atomic mass is 16.4. The molecular weight excluding hydrogens is 256 g/mol. The van der Waals surface area contributed by atoms with Crippen molar-refractivity contribution in [1.29, 1.82) is 0 Å². The molecule has 0 saturated carbocycles. The summed E-state index contributed by atoms with van der Waals surface area (Å²) in [6.07, 6.45) is 6.15. The van der Waals surface area contributed by atoms with Gasteiger partial charge in [0.15, 0.2) is 0 Å². The molecule has 2 fully saturated rings. The summed E-state index contributed by atoms with van der Waals surface area (Å²) in [6.45, 7) is 4.95. The van der Waals surface area contributed by atoms with Gasteiger partial charge in [-0.05, 0) is 31.6 Å². The third kappa shape index (κ3) is 3.64. The van der Waals surface area contributed by atoms with Crippen LogP contribution in [0.25, 0.3) is 0 Å². The zero-order chi connectivity index (χ0) is 14.5. The Labute approximate surface area is 120 Å². The maximum absolute atomic E-state index is 12.4. The third-order valence-corrected chi connectivity index (χ3v) is 4.62. The third-order valence-electron chi connectivity index (χ3n) is 4.62. The Morgan fingerprint density at radius 2 is 1.80 bits per heavy atom. The van der Waals surface area contributed by atoms with E-state index < -0.39 is 5.97 Å². The highest BCUT2D eigenvalue weighted by Crippen LogP contribution is 2.24. The Balaban J connectivity index is 1.84. The normalized spacial score (nSPS) is 24.8. The quantitative estimate of drug-likeness (QED) is 0.864. The lowest BCUT2D eigenvalue weighted by Gasteiger charge is -2.38. The number of amides is 2. The van der Waals surface area contributed by atoms with Crippen LogP contribution in [-0.2, 0) is 4.79 Å². The van der Waals surface area contributed by atoms with E-state index in [2.05, 4.69) is 6.92 Å². The highest BCUT2D eigenvalue weighted by molar-refractivity contribution is 5.76. The molecule has 2 heterocycles. The second-order valence-electron chi connectivity index (χ2n) is 6.13. The van der Waals surface area contributed by atoms with Crippen LogP contribution in [-0.4, -0.2) is 53.1 Å². The smallest absolute Gasteiger partial charge is 0.320 e. The van der Waals surface area contributed by atoms with Crippen LogP contribution in [0.15, 0.2) is 0 Å². The molecule has 20 heavy (non-hydrogen) atoms. The maximum Gasteiger partial charge on any atom is 0.320 e. The fourth-order valence-electron chi connectivity index (χ4n) is 3.37. The summed E-state index contributed by atoms with van der Waals surface area (Å²) in [7, 11) is 0. The molecule has 0 unspecified atom stereocenters. The van der Waals surface area contributed by atoms with E-state index in [4.69, 9.17) is 5.11 Å². The van der Waals surface area contributed by atoms with Crippen molar-refractivity contribution >= 4 is 12.0 Å². The van der Waals surface area contributed by atoms with E-state index in [1.165, 1.54) is 12.8 Å². The summed E-state index contributed by atoms with van der Waals surface area (Å²) >= 11 is 0. The number of nitrogens with zero attached hydrogens (tertiary/aromatic N) is 2. The summed E-state index contributed by atoms with van der Waals surface area (Å²) in [5.74, 6) is -0.397. The van der Waals surface area contributed by atoms with E-state index in [9.17, 15) is 9.59 Å². The summed E-state index contributed by atoms with van der Waals surface area (Å²) in [5.41, 5.74) is 0. The van der Waals surface area contributed by atoms with Crippen molar-refractivity contribution in [2.75, 3.05) is 26.2 Å². The second-order valence-corrected chi connectivity index (χ2v) is 6.13. The minimum atomic E-state index is -0.774. The van der Waals surface area contributed by atoms with E-state index in [1.807, 2.05) is 4.90 Å². The van der Waals surface area contributed by atoms with Gasteiger partial charge in [0.1, 0.15) is 0 Å². The molecule has 0 aromatic heterocycles. The van der Waals surface area contributed by atoms with E-state index >= 15 is 0 Å². The van der Waals surface area contributed by atoms with Crippen LogP contribution in [0.5, 0.6) is 0 Å². The summed E-state index contributed by atoms with van der Waals surface area (Å²) in [4.78, 5) is 27.2. The Hall–Kier alpha value is -1.26. The lowest BCUT2D eigenvalue weighted by atomic mass is 9.92. The molecule has 0 aromatic carbocycles. The van der Waals surface area contributed by atoms with E-state index in [0.717, 1.165) is 38.3 Å². The van der Waals surface area contributed by atoms with Gasteiger partial charge in [0.25, 0.3) is 0 Å². The van der Waals surface area contributed by atoms with Crippen molar-refractivity contribution in [3.8, 4) is 0 Å². The number of carbonyl (C=O) groups is 2. The molecule has 2 aliphatic heterocycles. The summed E-state index contributed by atoms with van der Waals surface area (Å²) < 4.78 is 0. The molecular formula is C15H26N2O3. The predicted molar refractivity (Wildman–Crippen MR) is 76.5 cm³/mol. The SMILES string of the molecule is CCCC1CCN(C(=O)N2CCC[C@@H](C(=O)O)C2)CC1. The van der Waals surface area contributed by atoms with Crippen LogP contribution in [0.4, 0.5) is 4.79 Å². The van der Waals surface area contributed by atoms with Crippen molar-refractivity contribution in [2.24, 2.45) is 11.8 Å². The van der Waals surface area contributed by atoms with Crippen molar-refractivity contribution in [2.45, 2.75) is 45.4 Å². The molecule has 2 rings (SSSR count). The summed E-state index contributed by atoms with van der Waals surface area (Å²) in [5, 5.41) is 9.09. The molecule has 0 aliphatic carbocycles. The number of urea groups is 1. The lowest BCUT2D eigenvalue weighted by Crippen LogP contribution is -2.50. The first-order valence-electron chi connectivity index (χ1n) is 7.88. The molecule has 0 bridgehead atoms. The molecule has 1 atom stereocenters. The van der Waals surface area contributed by atoms with Gasteiger partial charge in [-0.25, -0.2) is 4.79 Å². The number of rotatable bonds is 3. The Morgan fingerprint density at radius 3 is 2.40 bits per heavy atom. The van der Waals surface area contributed by atoms with Gasteiger partial charge in [-0.3, -0.25) is 4.79 Å². The van der Waals surface area contributed by atoms with Gasteiger partial charge >= 0.3 is 12.0 Å². The number of likely N-dealkylation sites (tertiary alicyclic amines) is 2. The Morgan fingerprint density at radius 1 is 1.10 bits per heavy atom. The first-order valence-corrected chi connectivity index (χ1v) is 7.88. The van der Waals surface area contributed by atoms with E-state index in [-0.39, 0.29) is 11.9 Å². The maximum atomic E-state index is 12.4. The lowest BCUT2D eigenvalue weighted by molar-refractivity contribution is -0.143. The Kier molecular flexibility index (Phi) is 5.26. The van der Waals surface area contributed by atoms with Gasteiger partial charge in [-0.1, -0.05) is 19.8 Å². The number of piperidine rings is 2. The minimum absolute atomic E-state index is 0.0471. The Bertz CT molecular complexity index is 351. The average Bonchev–Trinajstić information content (AvgIpc) is 2.48. The number of carboxylic acids is 1. The zero-order valence-electron chi connectivity index (χ0n) is 12.4. The van der Waals surface area contributed by atoms with Crippen LogP contribution in [0.2, 0.25) is 0 Å². The van der Waals surface area contributed by atoms with E-state index in [1.54, 1.807) is 4.90 Å². The number of carbonyl (C=O) groups excluding carboxylic acids is 1.